The van der Waals surface area contributed by atoms with Gasteiger partial charge in [-0.1, -0.05) is 42.9 Å². The fraction of sp³-hybridized carbons (Fsp3) is 0.400. The van der Waals surface area contributed by atoms with E-state index in [4.69, 9.17) is 16.3 Å². The Bertz CT molecular complexity index is 865. The minimum absolute atomic E-state index is 0.0858. The Morgan fingerprint density at radius 3 is 2.76 bits per heavy atom. The highest BCUT2D eigenvalue weighted by atomic mass is 35.5. The number of hydrogen-bond donors (Lipinski definition) is 1. The van der Waals surface area contributed by atoms with Gasteiger partial charge in [0.15, 0.2) is 0 Å². The van der Waals surface area contributed by atoms with Gasteiger partial charge >= 0.3 is 5.97 Å². The van der Waals surface area contributed by atoms with Crippen LogP contribution >= 0.6 is 22.9 Å². The number of esters is 1. The lowest BCUT2D eigenvalue weighted by Crippen LogP contribution is -2.14. The number of hydrogen-bond acceptors (Lipinski definition) is 7. The zero-order chi connectivity index (χ0) is 18.6. The van der Waals surface area contributed by atoms with E-state index in [-0.39, 0.29) is 28.5 Å². The molecule has 2 aromatic rings. The van der Waals surface area contributed by atoms with Crippen molar-refractivity contribution >= 4 is 44.1 Å². The molecule has 1 N–H and O–H groups in total. The third kappa shape index (κ3) is 5.13. The van der Waals surface area contributed by atoms with Crippen molar-refractivity contribution in [3.05, 3.63) is 33.8 Å². The van der Waals surface area contributed by atoms with Crippen LogP contribution in [-0.4, -0.2) is 31.2 Å². The van der Waals surface area contributed by atoms with Crippen molar-refractivity contribution in [1.82, 2.24) is 10.2 Å². The summed E-state index contributed by atoms with van der Waals surface area (Å²) in [5.41, 5.74) is 0.460. The van der Waals surface area contributed by atoms with E-state index >= 15 is 0 Å². The predicted molar refractivity (Wildman–Crippen MR) is 96.4 cm³/mol. The monoisotopic (exact) mass is 403 g/mol. The summed E-state index contributed by atoms with van der Waals surface area (Å²) >= 11 is 7.06. The first kappa shape index (κ1) is 19.6. The van der Waals surface area contributed by atoms with Gasteiger partial charge in [-0.25, -0.2) is 8.42 Å². The first-order valence-corrected chi connectivity index (χ1v) is 10.2. The van der Waals surface area contributed by atoms with Gasteiger partial charge in [-0.3, -0.25) is 9.52 Å². The second-order valence-corrected chi connectivity index (χ2v) is 8.66. The zero-order valence-corrected chi connectivity index (χ0v) is 16.3. The Morgan fingerprint density at radius 1 is 1.36 bits per heavy atom. The molecule has 136 valence electrons. The average molecular weight is 404 g/mol. The maximum atomic E-state index is 12.5. The van der Waals surface area contributed by atoms with Crippen LogP contribution in [0.5, 0.6) is 0 Å². The van der Waals surface area contributed by atoms with E-state index in [0.717, 1.165) is 11.3 Å². The van der Waals surface area contributed by atoms with Gasteiger partial charge in [0.05, 0.1) is 17.4 Å². The molecule has 1 aromatic carbocycles. The molecule has 0 radical (unpaired) electrons. The molecule has 1 heterocycles. The number of sulfonamides is 1. The lowest BCUT2D eigenvalue weighted by atomic mass is 10.2. The van der Waals surface area contributed by atoms with E-state index in [1.165, 1.54) is 6.07 Å². The number of carbonyl (C=O) groups excluding carboxylic acids is 1. The van der Waals surface area contributed by atoms with Gasteiger partial charge in [0.25, 0.3) is 10.0 Å². The number of rotatable bonds is 7. The third-order valence-electron chi connectivity index (χ3n) is 3.23. The summed E-state index contributed by atoms with van der Waals surface area (Å²) in [5.74, 6) is -0.486. The van der Waals surface area contributed by atoms with Crippen LogP contribution < -0.4 is 4.72 Å². The highest BCUT2D eigenvalue weighted by Gasteiger charge is 2.20. The highest BCUT2D eigenvalue weighted by Crippen LogP contribution is 2.26. The summed E-state index contributed by atoms with van der Waals surface area (Å²) in [6, 6.07) is 4.66. The minimum atomic E-state index is -3.81. The van der Waals surface area contributed by atoms with Crippen LogP contribution in [0.3, 0.4) is 0 Å². The molecule has 0 aliphatic rings. The maximum absolute atomic E-state index is 12.5. The van der Waals surface area contributed by atoms with Crippen LogP contribution in [0, 0.1) is 12.8 Å². The number of halogens is 1. The number of nitrogens with zero attached hydrogens (tertiary/aromatic N) is 2. The molecule has 25 heavy (non-hydrogen) atoms. The van der Waals surface area contributed by atoms with E-state index in [0.29, 0.717) is 22.0 Å². The van der Waals surface area contributed by atoms with E-state index in [1.54, 1.807) is 32.9 Å². The molecule has 0 aliphatic carbocycles. The van der Waals surface area contributed by atoms with E-state index < -0.39 is 10.0 Å². The average Bonchev–Trinajstić information content (AvgIpc) is 2.96. The van der Waals surface area contributed by atoms with Crippen molar-refractivity contribution in [2.45, 2.75) is 32.1 Å². The number of aromatic nitrogens is 2. The first-order chi connectivity index (χ1) is 11.7. The molecule has 0 saturated carbocycles. The summed E-state index contributed by atoms with van der Waals surface area (Å²) in [6.07, 6.45) is 0.369. The summed E-state index contributed by atoms with van der Waals surface area (Å²) in [5, 5.41) is 8.79. The molecule has 0 atom stereocenters. The fourth-order valence-corrected chi connectivity index (χ4v) is 4.30. The van der Waals surface area contributed by atoms with Crippen LogP contribution in [0.25, 0.3) is 0 Å². The molecule has 0 fully saturated rings. The predicted octanol–water partition coefficient (Wildman–Crippen LogP) is 3.04. The van der Waals surface area contributed by atoms with Gasteiger partial charge in [0.1, 0.15) is 5.01 Å². The fourth-order valence-electron chi connectivity index (χ4n) is 1.85. The Labute approximate surface area is 155 Å². The maximum Gasteiger partial charge on any atom is 0.308 e. The zero-order valence-electron chi connectivity index (χ0n) is 13.9. The topological polar surface area (TPSA) is 98.2 Å². The Kier molecular flexibility index (Phi) is 6.36. The summed E-state index contributed by atoms with van der Waals surface area (Å²) in [6.45, 7) is 5.30. The van der Waals surface area contributed by atoms with Crippen LogP contribution in [0.15, 0.2) is 23.1 Å². The Balaban J connectivity index is 2.03. The highest BCUT2D eigenvalue weighted by molar-refractivity contribution is 7.93. The van der Waals surface area contributed by atoms with Gasteiger partial charge in [-0.15, -0.1) is 10.2 Å². The van der Waals surface area contributed by atoms with E-state index in [1.807, 2.05) is 0 Å². The summed E-state index contributed by atoms with van der Waals surface area (Å²) in [7, 11) is -3.81. The molecule has 7 nitrogen and oxygen atoms in total. The number of anilines is 1. The van der Waals surface area contributed by atoms with Gasteiger partial charge in [-0.05, 0) is 24.6 Å². The number of ether oxygens (including phenoxy) is 1. The molecular weight excluding hydrogens is 386 g/mol. The molecule has 1 aromatic heterocycles. The van der Waals surface area contributed by atoms with E-state index in [2.05, 4.69) is 14.9 Å². The van der Waals surface area contributed by atoms with E-state index in [9.17, 15) is 13.2 Å². The molecular formula is C15H18ClN3O4S2. The van der Waals surface area contributed by atoms with Gasteiger partial charge in [-0.2, -0.15) is 0 Å². The third-order valence-corrected chi connectivity index (χ3v) is 6.15. The molecule has 0 amide bonds. The Morgan fingerprint density at radius 2 is 2.08 bits per heavy atom. The summed E-state index contributed by atoms with van der Waals surface area (Å²) < 4.78 is 32.4. The lowest BCUT2D eigenvalue weighted by molar-refractivity contribution is -0.147. The molecule has 0 saturated heterocycles. The molecule has 0 spiro atoms. The molecule has 10 heteroatoms. The number of benzene rings is 1. The van der Waals surface area contributed by atoms with Crippen LogP contribution in [0.4, 0.5) is 5.13 Å². The van der Waals surface area contributed by atoms with Crippen molar-refractivity contribution in [2.24, 2.45) is 5.92 Å². The normalized spacial score (nSPS) is 11.6. The molecule has 0 aliphatic heterocycles. The largest absolute Gasteiger partial charge is 0.465 e. The molecule has 0 bridgehead atoms. The minimum Gasteiger partial charge on any atom is -0.465 e. The lowest BCUT2D eigenvalue weighted by Gasteiger charge is -2.08. The second-order valence-electron chi connectivity index (χ2n) is 5.54. The van der Waals surface area contributed by atoms with Crippen molar-refractivity contribution in [3.8, 4) is 0 Å². The van der Waals surface area contributed by atoms with Gasteiger partial charge in [0, 0.05) is 11.4 Å². The van der Waals surface area contributed by atoms with Crippen LogP contribution in [-0.2, 0) is 26.0 Å². The quantitative estimate of drug-likeness (QED) is 0.713. The smallest absolute Gasteiger partial charge is 0.308 e. The van der Waals surface area contributed by atoms with Crippen molar-refractivity contribution in [2.75, 3.05) is 11.3 Å². The Hall–Kier alpha value is -1.71. The standard InChI is InChI=1S/C15H18ClN3O4S2/c1-9(2)14(20)23-8-7-13-17-18-15(24-13)19-25(21,22)12-6-4-5-11(16)10(12)3/h4-6,9H,7-8H2,1-3H3,(H,18,19). The van der Waals surface area contributed by atoms with Crippen molar-refractivity contribution < 1.29 is 17.9 Å². The summed E-state index contributed by atoms with van der Waals surface area (Å²) in [4.78, 5) is 11.5. The molecule has 2 rings (SSSR count). The van der Waals surface area contributed by atoms with Crippen LogP contribution in [0.2, 0.25) is 5.02 Å². The second kappa shape index (κ2) is 8.11. The number of nitrogens with one attached hydrogen (secondary N) is 1. The number of carbonyl (C=O) groups is 1. The van der Waals surface area contributed by atoms with Crippen molar-refractivity contribution in [3.63, 3.8) is 0 Å². The van der Waals surface area contributed by atoms with Gasteiger partial charge < -0.3 is 4.74 Å². The van der Waals surface area contributed by atoms with Crippen LogP contribution in [0.1, 0.15) is 24.4 Å². The van der Waals surface area contributed by atoms with Gasteiger partial charge in [0.2, 0.25) is 5.13 Å². The molecule has 0 unspecified atom stereocenters. The SMILES string of the molecule is Cc1c(Cl)cccc1S(=O)(=O)Nc1nnc(CCOC(=O)C(C)C)s1. The van der Waals surface area contributed by atoms with Crippen molar-refractivity contribution in [1.29, 1.82) is 0 Å². The first-order valence-electron chi connectivity index (χ1n) is 7.47.